The van der Waals surface area contributed by atoms with E-state index in [0.29, 0.717) is 38.3 Å². The van der Waals surface area contributed by atoms with Crippen LogP contribution in [0.5, 0.6) is 0 Å². The number of hydrogen-bond acceptors (Lipinski definition) is 6. The Balaban J connectivity index is 1.33. The first kappa shape index (κ1) is 17.8. The molecule has 0 radical (unpaired) electrons. The van der Waals surface area contributed by atoms with Gasteiger partial charge in [-0.1, -0.05) is 6.07 Å². The number of piperazine rings is 1. The summed E-state index contributed by atoms with van der Waals surface area (Å²) in [7, 11) is 0. The number of carbonyl (C=O) groups is 2. The SMILES string of the molecule is O=C(Cc1ccccn1)N1CCN(C(=O)c2csc(-c3ccsc3)n2)CC1. The summed E-state index contributed by atoms with van der Waals surface area (Å²) in [5, 5.41) is 6.70. The van der Waals surface area contributed by atoms with Gasteiger partial charge in [-0.3, -0.25) is 14.6 Å². The molecule has 0 N–H and O–H groups in total. The van der Waals surface area contributed by atoms with E-state index < -0.39 is 0 Å². The van der Waals surface area contributed by atoms with Gasteiger partial charge in [0.15, 0.2) is 0 Å². The van der Waals surface area contributed by atoms with Gasteiger partial charge in [-0.15, -0.1) is 11.3 Å². The number of carbonyl (C=O) groups excluding carboxylic acids is 2. The first-order valence-corrected chi connectivity index (χ1v) is 10.5. The van der Waals surface area contributed by atoms with E-state index in [4.69, 9.17) is 0 Å². The molecule has 0 aliphatic carbocycles. The van der Waals surface area contributed by atoms with Gasteiger partial charge in [0.2, 0.25) is 5.91 Å². The molecule has 6 nitrogen and oxygen atoms in total. The maximum atomic E-state index is 12.7. The Labute approximate surface area is 165 Å². The number of thiazole rings is 1. The Hall–Kier alpha value is -2.58. The van der Waals surface area contributed by atoms with Crippen molar-refractivity contribution in [3.05, 3.63) is 58.0 Å². The lowest BCUT2D eigenvalue weighted by Gasteiger charge is -2.34. The molecule has 4 heterocycles. The number of hydrogen-bond donors (Lipinski definition) is 0. The summed E-state index contributed by atoms with van der Waals surface area (Å²) in [6.45, 7) is 2.13. The smallest absolute Gasteiger partial charge is 0.273 e. The highest BCUT2D eigenvalue weighted by molar-refractivity contribution is 7.14. The average molecular weight is 399 g/mol. The van der Waals surface area contributed by atoms with Crippen molar-refractivity contribution in [2.75, 3.05) is 26.2 Å². The molecule has 0 spiro atoms. The van der Waals surface area contributed by atoms with Crippen LogP contribution in [0.2, 0.25) is 0 Å². The van der Waals surface area contributed by atoms with Gasteiger partial charge < -0.3 is 9.80 Å². The zero-order chi connectivity index (χ0) is 18.6. The number of aromatic nitrogens is 2. The zero-order valence-corrected chi connectivity index (χ0v) is 16.2. The lowest BCUT2D eigenvalue weighted by atomic mass is 10.2. The first-order chi connectivity index (χ1) is 13.2. The second-order valence-corrected chi connectivity index (χ2v) is 7.86. The average Bonchev–Trinajstić information content (AvgIpc) is 3.40. The van der Waals surface area contributed by atoms with Crippen LogP contribution < -0.4 is 0 Å². The zero-order valence-electron chi connectivity index (χ0n) is 14.6. The third-order valence-corrected chi connectivity index (χ3v) is 6.04. The molecule has 0 bridgehead atoms. The number of nitrogens with zero attached hydrogens (tertiary/aromatic N) is 4. The van der Waals surface area contributed by atoms with Gasteiger partial charge in [0.25, 0.3) is 5.91 Å². The van der Waals surface area contributed by atoms with Gasteiger partial charge in [0.1, 0.15) is 10.7 Å². The van der Waals surface area contributed by atoms with E-state index in [2.05, 4.69) is 9.97 Å². The largest absolute Gasteiger partial charge is 0.339 e. The number of pyridine rings is 1. The molecule has 1 aliphatic heterocycles. The van der Waals surface area contributed by atoms with Gasteiger partial charge in [-0.2, -0.15) is 11.3 Å². The first-order valence-electron chi connectivity index (χ1n) is 8.66. The van der Waals surface area contributed by atoms with Gasteiger partial charge in [0.05, 0.1) is 6.42 Å². The summed E-state index contributed by atoms with van der Waals surface area (Å²) < 4.78 is 0. The maximum absolute atomic E-state index is 12.7. The summed E-state index contributed by atoms with van der Waals surface area (Å²) in [5.74, 6) is -0.0150. The molecule has 3 aromatic rings. The summed E-state index contributed by atoms with van der Waals surface area (Å²) in [6.07, 6.45) is 1.99. The van der Waals surface area contributed by atoms with E-state index in [1.807, 2.05) is 40.4 Å². The molecule has 4 rings (SSSR count). The predicted molar refractivity (Wildman–Crippen MR) is 106 cm³/mol. The van der Waals surface area contributed by atoms with Crippen LogP contribution in [0, 0.1) is 0 Å². The molecule has 8 heteroatoms. The Morgan fingerprint density at radius 2 is 1.85 bits per heavy atom. The highest BCUT2D eigenvalue weighted by Crippen LogP contribution is 2.26. The molecule has 1 aliphatic rings. The number of amides is 2. The second kappa shape index (κ2) is 7.98. The predicted octanol–water partition coefficient (Wildman–Crippen LogP) is 2.79. The Morgan fingerprint density at radius 1 is 1.04 bits per heavy atom. The number of thiophene rings is 1. The topological polar surface area (TPSA) is 66.4 Å². The molecule has 3 aromatic heterocycles. The van der Waals surface area contributed by atoms with Crippen molar-refractivity contribution in [1.29, 1.82) is 0 Å². The van der Waals surface area contributed by atoms with E-state index >= 15 is 0 Å². The van der Waals surface area contributed by atoms with Crippen LogP contribution in [0.15, 0.2) is 46.6 Å². The van der Waals surface area contributed by atoms with Crippen LogP contribution in [0.3, 0.4) is 0 Å². The highest BCUT2D eigenvalue weighted by atomic mass is 32.1. The molecule has 1 saturated heterocycles. The quantitative estimate of drug-likeness (QED) is 0.678. The normalized spacial score (nSPS) is 14.4. The van der Waals surface area contributed by atoms with Crippen LogP contribution in [0.4, 0.5) is 0 Å². The summed E-state index contributed by atoms with van der Waals surface area (Å²) in [4.78, 5) is 37.4. The van der Waals surface area contributed by atoms with E-state index in [0.717, 1.165) is 16.3 Å². The van der Waals surface area contributed by atoms with Crippen LogP contribution >= 0.6 is 22.7 Å². The van der Waals surface area contributed by atoms with Crippen LogP contribution in [0.1, 0.15) is 16.2 Å². The van der Waals surface area contributed by atoms with Crippen molar-refractivity contribution in [2.24, 2.45) is 0 Å². The fourth-order valence-electron chi connectivity index (χ4n) is 2.98. The van der Waals surface area contributed by atoms with E-state index in [9.17, 15) is 9.59 Å². The third-order valence-electron chi connectivity index (χ3n) is 4.47. The Bertz CT molecular complexity index is 916. The molecule has 0 unspecified atom stereocenters. The van der Waals surface area contributed by atoms with Crippen LogP contribution in [-0.2, 0) is 11.2 Å². The molecular weight excluding hydrogens is 380 g/mol. The van der Waals surface area contributed by atoms with E-state index in [1.54, 1.807) is 27.3 Å². The van der Waals surface area contributed by atoms with Gasteiger partial charge in [0, 0.05) is 54.4 Å². The van der Waals surface area contributed by atoms with Crippen molar-refractivity contribution >= 4 is 34.5 Å². The molecule has 0 saturated carbocycles. The van der Waals surface area contributed by atoms with Crippen LogP contribution in [-0.4, -0.2) is 57.8 Å². The monoisotopic (exact) mass is 398 g/mol. The third kappa shape index (κ3) is 4.06. The van der Waals surface area contributed by atoms with Crippen molar-refractivity contribution in [3.63, 3.8) is 0 Å². The minimum absolute atomic E-state index is 0.0502. The van der Waals surface area contributed by atoms with Crippen molar-refractivity contribution < 1.29 is 9.59 Å². The Morgan fingerprint density at radius 3 is 2.56 bits per heavy atom. The lowest BCUT2D eigenvalue weighted by Crippen LogP contribution is -2.51. The van der Waals surface area contributed by atoms with Crippen molar-refractivity contribution in [1.82, 2.24) is 19.8 Å². The molecule has 2 amide bonds. The summed E-state index contributed by atoms with van der Waals surface area (Å²) in [5.41, 5.74) is 2.30. The fraction of sp³-hybridized carbons (Fsp3) is 0.263. The molecule has 1 fully saturated rings. The van der Waals surface area contributed by atoms with E-state index in [1.165, 1.54) is 11.3 Å². The fourth-order valence-corrected chi connectivity index (χ4v) is 4.49. The highest BCUT2D eigenvalue weighted by Gasteiger charge is 2.26. The van der Waals surface area contributed by atoms with Crippen molar-refractivity contribution in [3.8, 4) is 10.6 Å². The minimum atomic E-state index is -0.0652. The molecule has 0 aromatic carbocycles. The summed E-state index contributed by atoms with van der Waals surface area (Å²) in [6, 6.07) is 7.57. The van der Waals surface area contributed by atoms with E-state index in [-0.39, 0.29) is 11.8 Å². The lowest BCUT2D eigenvalue weighted by molar-refractivity contribution is -0.132. The van der Waals surface area contributed by atoms with Crippen molar-refractivity contribution in [2.45, 2.75) is 6.42 Å². The Kier molecular flexibility index (Phi) is 5.26. The number of rotatable bonds is 4. The second-order valence-electron chi connectivity index (χ2n) is 6.22. The van der Waals surface area contributed by atoms with Gasteiger partial charge in [-0.25, -0.2) is 4.98 Å². The van der Waals surface area contributed by atoms with Crippen LogP contribution in [0.25, 0.3) is 10.6 Å². The van der Waals surface area contributed by atoms with Gasteiger partial charge >= 0.3 is 0 Å². The molecule has 138 valence electrons. The van der Waals surface area contributed by atoms with Gasteiger partial charge in [-0.05, 0) is 23.6 Å². The maximum Gasteiger partial charge on any atom is 0.273 e. The summed E-state index contributed by atoms with van der Waals surface area (Å²) >= 11 is 3.10. The molecular formula is C19H18N4O2S2. The molecule has 0 atom stereocenters. The minimum Gasteiger partial charge on any atom is -0.339 e. The molecule has 27 heavy (non-hydrogen) atoms. The standard InChI is InChI=1S/C19H18N4O2S2/c24-17(11-15-3-1-2-5-20-15)22-6-8-23(9-7-22)19(25)16-13-27-18(21-16)14-4-10-26-12-14/h1-5,10,12-13H,6-9,11H2.